The highest BCUT2D eigenvalue weighted by molar-refractivity contribution is 7.99. The van der Waals surface area contributed by atoms with Crippen LogP contribution in [0.15, 0.2) is 48.5 Å². The van der Waals surface area contributed by atoms with Crippen LogP contribution in [0.5, 0.6) is 0 Å². The maximum Gasteiger partial charge on any atom is 0.407 e. The van der Waals surface area contributed by atoms with Crippen molar-refractivity contribution in [3.05, 3.63) is 59.7 Å². The lowest BCUT2D eigenvalue weighted by Gasteiger charge is -2.17. The summed E-state index contributed by atoms with van der Waals surface area (Å²) >= 11 is 1.56. The smallest absolute Gasteiger partial charge is 0.407 e. The Hall–Kier alpha value is -2.51. The first-order chi connectivity index (χ1) is 13.6. The zero-order chi connectivity index (χ0) is 19.9. The van der Waals surface area contributed by atoms with E-state index in [9.17, 15) is 14.7 Å². The Morgan fingerprint density at radius 3 is 2.25 bits per heavy atom. The van der Waals surface area contributed by atoms with Crippen LogP contribution in [0.25, 0.3) is 11.1 Å². The van der Waals surface area contributed by atoms with Crippen molar-refractivity contribution in [1.29, 1.82) is 0 Å². The van der Waals surface area contributed by atoms with Crippen molar-refractivity contribution in [2.75, 3.05) is 24.7 Å². The molecule has 0 fully saturated rings. The largest absolute Gasteiger partial charge is 0.480 e. The average molecular weight is 401 g/mol. The first kappa shape index (κ1) is 20.2. The van der Waals surface area contributed by atoms with Crippen LogP contribution in [-0.4, -0.2) is 47.9 Å². The monoisotopic (exact) mass is 400 g/mol. The molecule has 28 heavy (non-hydrogen) atoms. The number of carboxylic acids is 1. The summed E-state index contributed by atoms with van der Waals surface area (Å²) in [5.74, 6) is 0.248. The molecule has 0 heterocycles. The van der Waals surface area contributed by atoms with E-state index in [-0.39, 0.29) is 12.5 Å². The molecular formula is C21H24N2O4S. The molecule has 0 saturated carbocycles. The van der Waals surface area contributed by atoms with Crippen LogP contribution in [0, 0.1) is 0 Å². The fourth-order valence-electron chi connectivity index (χ4n) is 3.43. The van der Waals surface area contributed by atoms with Gasteiger partial charge in [0, 0.05) is 18.2 Å². The summed E-state index contributed by atoms with van der Waals surface area (Å²) in [4.78, 5) is 23.6. The van der Waals surface area contributed by atoms with Crippen molar-refractivity contribution in [1.82, 2.24) is 5.32 Å². The van der Waals surface area contributed by atoms with E-state index in [1.807, 2.05) is 36.4 Å². The van der Waals surface area contributed by atoms with Gasteiger partial charge in [-0.25, -0.2) is 9.59 Å². The van der Waals surface area contributed by atoms with Crippen LogP contribution in [0.2, 0.25) is 0 Å². The number of thioether (sulfide) groups is 1. The lowest BCUT2D eigenvalue weighted by molar-refractivity contribution is -0.139. The van der Waals surface area contributed by atoms with Crippen LogP contribution in [0.1, 0.15) is 23.5 Å². The van der Waals surface area contributed by atoms with Gasteiger partial charge in [-0.15, -0.1) is 0 Å². The minimum absolute atomic E-state index is 0.0541. The summed E-state index contributed by atoms with van der Waals surface area (Å²) in [5.41, 5.74) is 9.95. The number of carbonyl (C=O) groups is 2. The number of carbonyl (C=O) groups excluding carboxylic acids is 1. The van der Waals surface area contributed by atoms with E-state index in [0.717, 1.165) is 28.0 Å². The summed E-state index contributed by atoms with van der Waals surface area (Å²) < 4.78 is 5.41. The minimum atomic E-state index is -1.07. The molecule has 0 bridgehead atoms. The molecule has 0 aliphatic heterocycles. The lowest BCUT2D eigenvalue weighted by Crippen LogP contribution is -2.41. The topological polar surface area (TPSA) is 102 Å². The van der Waals surface area contributed by atoms with Crippen LogP contribution in [0.4, 0.5) is 4.79 Å². The molecule has 0 spiro atoms. The van der Waals surface area contributed by atoms with E-state index in [2.05, 4.69) is 17.4 Å². The van der Waals surface area contributed by atoms with Crippen LogP contribution in [0.3, 0.4) is 0 Å². The van der Waals surface area contributed by atoms with Gasteiger partial charge in [-0.2, -0.15) is 11.8 Å². The summed E-state index contributed by atoms with van der Waals surface area (Å²) in [5, 5.41) is 11.8. The molecule has 4 N–H and O–H groups in total. The fraction of sp³-hybridized carbons (Fsp3) is 0.333. The summed E-state index contributed by atoms with van der Waals surface area (Å²) in [6.45, 7) is 0.705. The maximum atomic E-state index is 12.2. The number of benzene rings is 2. The van der Waals surface area contributed by atoms with E-state index < -0.39 is 18.1 Å². The van der Waals surface area contributed by atoms with Crippen molar-refractivity contribution in [3.63, 3.8) is 0 Å². The number of carboxylic acid groups (broad SMARTS) is 1. The molecule has 2 aromatic carbocycles. The molecule has 1 atom stereocenters. The Morgan fingerprint density at radius 1 is 1.07 bits per heavy atom. The highest BCUT2D eigenvalue weighted by Gasteiger charge is 2.29. The van der Waals surface area contributed by atoms with E-state index in [1.54, 1.807) is 11.8 Å². The third kappa shape index (κ3) is 4.66. The second kappa shape index (κ2) is 9.61. The SMILES string of the molecule is NCCSCCC(NC(=O)OCC1c2ccccc2-c2ccccc21)C(=O)O. The molecule has 1 aliphatic rings. The van der Waals surface area contributed by atoms with E-state index in [0.29, 0.717) is 18.7 Å². The highest BCUT2D eigenvalue weighted by Crippen LogP contribution is 2.44. The summed E-state index contributed by atoms with van der Waals surface area (Å²) in [6.07, 6.45) is -0.386. The molecular weight excluding hydrogens is 376 g/mol. The number of rotatable bonds is 9. The number of nitrogens with two attached hydrogens (primary N) is 1. The Morgan fingerprint density at radius 2 is 1.68 bits per heavy atom. The molecule has 0 saturated heterocycles. The third-order valence-corrected chi connectivity index (χ3v) is 5.80. The molecule has 148 valence electrons. The van der Waals surface area contributed by atoms with Gasteiger partial charge in [-0.1, -0.05) is 48.5 Å². The molecule has 6 nitrogen and oxygen atoms in total. The molecule has 2 aromatic rings. The normalized spacial score (nSPS) is 13.5. The molecule has 1 unspecified atom stereocenters. The Kier molecular flexibility index (Phi) is 6.95. The molecule has 1 aliphatic carbocycles. The Labute approximate surface area is 168 Å². The van der Waals surface area contributed by atoms with Gasteiger partial charge >= 0.3 is 12.1 Å². The van der Waals surface area contributed by atoms with Gasteiger partial charge in [0.2, 0.25) is 0 Å². The molecule has 1 amide bonds. The first-order valence-electron chi connectivity index (χ1n) is 9.24. The number of ether oxygens (including phenoxy) is 1. The van der Waals surface area contributed by atoms with Gasteiger partial charge in [0.05, 0.1) is 0 Å². The second-order valence-electron chi connectivity index (χ2n) is 6.55. The van der Waals surface area contributed by atoms with Gasteiger partial charge in [0.25, 0.3) is 0 Å². The first-order valence-corrected chi connectivity index (χ1v) is 10.4. The van der Waals surface area contributed by atoms with Gasteiger partial charge in [0.15, 0.2) is 0 Å². The predicted octanol–water partition coefficient (Wildman–Crippen LogP) is 3.06. The zero-order valence-corrected chi connectivity index (χ0v) is 16.3. The summed E-state index contributed by atoms with van der Waals surface area (Å²) in [7, 11) is 0. The fourth-order valence-corrected chi connectivity index (χ4v) is 4.20. The number of amides is 1. The van der Waals surface area contributed by atoms with Crippen LogP contribution in [-0.2, 0) is 9.53 Å². The zero-order valence-electron chi connectivity index (χ0n) is 15.5. The quantitative estimate of drug-likeness (QED) is 0.559. The van der Waals surface area contributed by atoms with E-state index >= 15 is 0 Å². The van der Waals surface area contributed by atoms with Crippen molar-refractivity contribution in [3.8, 4) is 11.1 Å². The second-order valence-corrected chi connectivity index (χ2v) is 7.78. The lowest BCUT2D eigenvalue weighted by atomic mass is 9.98. The molecule has 7 heteroatoms. The molecule has 3 rings (SSSR count). The molecule has 0 aromatic heterocycles. The number of alkyl carbamates (subject to hydrolysis) is 1. The van der Waals surface area contributed by atoms with Gasteiger partial charge in [-0.3, -0.25) is 0 Å². The number of fused-ring (bicyclic) bond motifs is 3. The number of hydrogen-bond acceptors (Lipinski definition) is 5. The minimum Gasteiger partial charge on any atom is -0.480 e. The average Bonchev–Trinajstić information content (AvgIpc) is 3.02. The van der Waals surface area contributed by atoms with Crippen molar-refractivity contribution >= 4 is 23.8 Å². The standard InChI is InChI=1S/C21H24N2O4S/c22-10-12-28-11-9-19(20(24)25)23-21(26)27-13-18-16-7-3-1-5-14(16)15-6-2-4-8-17(15)18/h1-8,18-19H,9-13,22H2,(H,23,26)(H,24,25). The van der Waals surface area contributed by atoms with Gasteiger partial charge in [-0.05, 0) is 34.4 Å². The van der Waals surface area contributed by atoms with Crippen molar-refractivity contribution in [2.24, 2.45) is 5.73 Å². The summed E-state index contributed by atoms with van der Waals surface area (Å²) in [6, 6.07) is 15.2. The highest BCUT2D eigenvalue weighted by atomic mass is 32.2. The van der Waals surface area contributed by atoms with Crippen LogP contribution < -0.4 is 11.1 Å². The van der Waals surface area contributed by atoms with Crippen molar-refractivity contribution < 1.29 is 19.4 Å². The third-order valence-electron chi connectivity index (χ3n) is 4.75. The number of hydrogen-bond donors (Lipinski definition) is 3. The van der Waals surface area contributed by atoms with Crippen molar-refractivity contribution in [2.45, 2.75) is 18.4 Å². The maximum absolute atomic E-state index is 12.2. The van der Waals surface area contributed by atoms with E-state index in [4.69, 9.17) is 10.5 Å². The Bertz CT molecular complexity index is 797. The molecule has 0 radical (unpaired) electrons. The number of aliphatic carboxylic acids is 1. The predicted molar refractivity (Wildman–Crippen MR) is 111 cm³/mol. The van der Waals surface area contributed by atoms with Crippen LogP contribution >= 0.6 is 11.8 Å². The van der Waals surface area contributed by atoms with E-state index in [1.165, 1.54) is 0 Å². The Balaban J connectivity index is 1.60. The van der Waals surface area contributed by atoms with Gasteiger partial charge < -0.3 is 20.9 Å². The van der Waals surface area contributed by atoms with Gasteiger partial charge in [0.1, 0.15) is 12.6 Å². The number of nitrogens with one attached hydrogen (secondary N) is 1.